The molecule has 0 atom stereocenters. The summed E-state index contributed by atoms with van der Waals surface area (Å²) in [6.07, 6.45) is 4.39. The Kier molecular flexibility index (Phi) is 5.78. The number of fused-ring (bicyclic) bond motifs is 1. The lowest BCUT2D eigenvalue weighted by atomic mass is 10.1. The molecular weight excluding hydrogens is 375 g/mol. The molecule has 0 amide bonds. The number of rotatable bonds is 2. The van der Waals surface area contributed by atoms with Gasteiger partial charge in [0.25, 0.3) is 0 Å². The Hall–Kier alpha value is -1.37. The summed E-state index contributed by atoms with van der Waals surface area (Å²) in [7, 11) is 1.84. The second kappa shape index (κ2) is 7.59. The van der Waals surface area contributed by atoms with Crippen LogP contribution in [-0.4, -0.2) is 36.0 Å². The van der Waals surface area contributed by atoms with Gasteiger partial charge >= 0.3 is 0 Å². The molecule has 0 saturated carbocycles. The van der Waals surface area contributed by atoms with E-state index in [-0.39, 0.29) is 24.0 Å². The smallest absolute Gasteiger partial charge is 0.193 e. The van der Waals surface area contributed by atoms with E-state index >= 15 is 0 Å². The van der Waals surface area contributed by atoms with Crippen molar-refractivity contribution >= 4 is 40.7 Å². The zero-order valence-electron chi connectivity index (χ0n) is 12.2. The molecule has 0 bridgehead atoms. The van der Waals surface area contributed by atoms with E-state index < -0.39 is 0 Å². The number of pyridine rings is 1. The van der Waals surface area contributed by atoms with Gasteiger partial charge < -0.3 is 10.2 Å². The molecule has 4 nitrogen and oxygen atoms in total. The third-order valence-corrected chi connectivity index (χ3v) is 3.79. The maximum Gasteiger partial charge on any atom is 0.193 e. The quantitative estimate of drug-likeness (QED) is 0.482. The molecule has 0 spiro atoms. The van der Waals surface area contributed by atoms with E-state index in [1.807, 2.05) is 19.3 Å². The summed E-state index contributed by atoms with van der Waals surface area (Å²) in [4.78, 5) is 11.2. The first-order valence-electron chi connectivity index (χ1n) is 7.17. The molecule has 0 unspecified atom stereocenters. The van der Waals surface area contributed by atoms with E-state index in [1.165, 1.54) is 23.6 Å². The number of halogens is 1. The van der Waals surface area contributed by atoms with Crippen LogP contribution in [0.2, 0.25) is 0 Å². The highest BCUT2D eigenvalue weighted by Gasteiger charge is 2.15. The van der Waals surface area contributed by atoms with Gasteiger partial charge in [-0.2, -0.15) is 0 Å². The van der Waals surface area contributed by atoms with Crippen LogP contribution in [0.1, 0.15) is 18.5 Å². The molecule has 5 heteroatoms. The molecule has 1 saturated heterocycles. The van der Waals surface area contributed by atoms with Crippen LogP contribution >= 0.6 is 24.0 Å². The van der Waals surface area contributed by atoms with Crippen LogP contribution in [0.3, 0.4) is 0 Å². The first kappa shape index (κ1) is 16.0. The van der Waals surface area contributed by atoms with Gasteiger partial charge in [-0.15, -0.1) is 24.0 Å². The molecule has 1 aliphatic rings. The highest BCUT2D eigenvalue weighted by atomic mass is 127. The van der Waals surface area contributed by atoms with Gasteiger partial charge in [-0.05, 0) is 24.3 Å². The van der Waals surface area contributed by atoms with Crippen molar-refractivity contribution in [1.29, 1.82) is 0 Å². The SMILES string of the molecule is CN=C(NCc1nccc2ccccc12)N1CCCC1.I. The van der Waals surface area contributed by atoms with Crippen LogP contribution < -0.4 is 5.32 Å². The summed E-state index contributed by atoms with van der Waals surface area (Å²) in [6.45, 7) is 2.91. The molecule has 2 aromatic rings. The van der Waals surface area contributed by atoms with E-state index in [0.717, 1.165) is 24.7 Å². The number of nitrogens with one attached hydrogen (secondary N) is 1. The number of aromatic nitrogens is 1. The van der Waals surface area contributed by atoms with Gasteiger partial charge in [-0.25, -0.2) is 0 Å². The number of nitrogens with zero attached hydrogens (tertiary/aromatic N) is 3. The van der Waals surface area contributed by atoms with Crippen LogP contribution in [0.15, 0.2) is 41.5 Å². The molecule has 0 aliphatic carbocycles. The molecule has 1 aliphatic heterocycles. The Morgan fingerprint density at radius 3 is 2.76 bits per heavy atom. The topological polar surface area (TPSA) is 40.5 Å². The summed E-state index contributed by atoms with van der Waals surface area (Å²) < 4.78 is 0. The first-order chi connectivity index (χ1) is 9.88. The number of aliphatic imine (C=N–C) groups is 1. The van der Waals surface area contributed by atoms with Crippen molar-refractivity contribution < 1.29 is 0 Å². The largest absolute Gasteiger partial charge is 0.351 e. The van der Waals surface area contributed by atoms with Gasteiger partial charge in [-0.1, -0.05) is 24.3 Å². The lowest BCUT2D eigenvalue weighted by molar-refractivity contribution is 0.493. The van der Waals surface area contributed by atoms with Crippen LogP contribution in [0, 0.1) is 0 Å². The Bertz CT molecular complexity index is 615. The molecule has 21 heavy (non-hydrogen) atoms. The highest BCUT2D eigenvalue weighted by molar-refractivity contribution is 14.0. The van der Waals surface area contributed by atoms with E-state index in [1.54, 1.807) is 0 Å². The van der Waals surface area contributed by atoms with Crippen molar-refractivity contribution in [3.63, 3.8) is 0 Å². The van der Waals surface area contributed by atoms with Crippen LogP contribution in [0.5, 0.6) is 0 Å². The van der Waals surface area contributed by atoms with Crippen LogP contribution in [0.4, 0.5) is 0 Å². The van der Waals surface area contributed by atoms with Gasteiger partial charge in [0, 0.05) is 31.7 Å². The monoisotopic (exact) mass is 396 g/mol. The minimum absolute atomic E-state index is 0. The Balaban J connectivity index is 0.00000161. The van der Waals surface area contributed by atoms with E-state index in [0.29, 0.717) is 6.54 Å². The Labute approximate surface area is 142 Å². The zero-order chi connectivity index (χ0) is 13.8. The van der Waals surface area contributed by atoms with Crippen molar-refractivity contribution in [3.05, 3.63) is 42.2 Å². The lowest BCUT2D eigenvalue weighted by Crippen LogP contribution is -2.39. The fourth-order valence-electron chi connectivity index (χ4n) is 2.75. The van der Waals surface area contributed by atoms with Gasteiger partial charge in [-0.3, -0.25) is 9.98 Å². The molecule has 0 radical (unpaired) electrons. The summed E-state index contributed by atoms with van der Waals surface area (Å²) in [6, 6.07) is 10.4. The third-order valence-electron chi connectivity index (χ3n) is 3.79. The van der Waals surface area contributed by atoms with Gasteiger partial charge in [0.05, 0.1) is 12.2 Å². The second-order valence-electron chi connectivity index (χ2n) is 5.07. The normalized spacial score (nSPS) is 15.1. The van der Waals surface area contributed by atoms with Crippen molar-refractivity contribution in [3.8, 4) is 0 Å². The molecule has 1 aromatic heterocycles. The standard InChI is InChI=1S/C16H20N4.HI/c1-17-16(20-10-4-5-11-20)19-12-15-14-7-3-2-6-13(14)8-9-18-15;/h2-3,6-9H,4-5,10-12H2,1H3,(H,17,19);1H. The van der Waals surface area contributed by atoms with Gasteiger partial charge in [0.1, 0.15) is 0 Å². The van der Waals surface area contributed by atoms with Gasteiger partial charge in [0.2, 0.25) is 0 Å². The average molecular weight is 396 g/mol. The molecule has 1 aromatic carbocycles. The number of hydrogen-bond acceptors (Lipinski definition) is 2. The minimum Gasteiger partial charge on any atom is -0.351 e. The van der Waals surface area contributed by atoms with E-state index in [9.17, 15) is 0 Å². The Morgan fingerprint density at radius 2 is 2.00 bits per heavy atom. The molecule has 112 valence electrons. The highest BCUT2D eigenvalue weighted by Crippen LogP contribution is 2.16. The predicted octanol–water partition coefficient (Wildman–Crippen LogP) is 3.02. The maximum atomic E-state index is 4.50. The maximum absolute atomic E-state index is 4.50. The van der Waals surface area contributed by atoms with Gasteiger partial charge in [0.15, 0.2) is 5.96 Å². The fraction of sp³-hybridized carbons (Fsp3) is 0.375. The predicted molar refractivity (Wildman–Crippen MR) is 98.2 cm³/mol. The van der Waals surface area contributed by atoms with Crippen molar-refractivity contribution in [2.45, 2.75) is 19.4 Å². The fourth-order valence-corrected chi connectivity index (χ4v) is 2.75. The number of benzene rings is 1. The minimum atomic E-state index is 0. The van der Waals surface area contributed by atoms with E-state index in [4.69, 9.17) is 0 Å². The lowest BCUT2D eigenvalue weighted by Gasteiger charge is -2.20. The summed E-state index contributed by atoms with van der Waals surface area (Å²) in [5.41, 5.74) is 1.07. The third kappa shape index (κ3) is 3.64. The molecule has 3 rings (SSSR count). The molecular formula is C16H21IN4. The van der Waals surface area contributed by atoms with Crippen LogP contribution in [0.25, 0.3) is 10.8 Å². The number of guanidine groups is 1. The molecule has 2 heterocycles. The summed E-state index contributed by atoms with van der Waals surface area (Å²) in [5, 5.41) is 5.87. The van der Waals surface area contributed by atoms with Crippen molar-refractivity contribution in [1.82, 2.24) is 15.2 Å². The first-order valence-corrected chi connectivity index (χ1v) is 7.17. The number of hydrogen-bond donors (Lipinski definition) is 1. The summed E-state index contributed by atoms with van der Waals surface area (Å²) in [5.74, 6) is 0.984. The number of likely N-dealkylation sites (tertiary alicyclic amines) is 1. The summed E-state index contributed by atoms with van der Waals surface area (Å²) >= 11 is 0. The average Bonchev–Trinajstić information content (AvgIpc) is 3.02. The molecule has 1 N–H and O–H groups in total. The van der Waals surface area contributed by atoms with E-state index in [2.05, 4.69) is 44.5 Å². The molecule has 1 fully saturated rings. The van der Waals surface area contributed by atoms with Crippen molar-refractivity contribution in [2.75, 3.05) is 20.1 Å². The zero-order valence-corrected chi connectivity index (χ0v) is 14.6. The second-order valence-corrected chi connectivity index (χ2v) is 5.07. The Morgan fingerprint density at radius 1 is 1.24 bits per heavy atom. The van der Waals surface area contributed by atoms with Crippen LogP contribution in [-0.2, 0) is 6.54 Å². The van der Waals surface area contributed by atoms with Crippen molar-refractivity contribution in [2.24, 2.45) is 4.99 Å².